The molecular weight excluding hydrogens is 333 g/mol. The van der Waals surface area contributed by atoms with Crippen LogP contribution < -0.4 is 4.74 Å². The maximum absolute atomic E-state index is 11.8. The summed E-state index contributed by atoms with van der Waals surface area (Å²) < 4.78 is 39.6. The Kier molecular flexibility index (Phi) is 3.82. The molecule has 14 heavy (non-hydrogen) atoms. The highest BCUT2D eigenvalue weighted by Crippen LogP contribution is 2.24. The van der Waals surface area contributed by atoms with Gasteiger partial charge in [-0.05, 0) is 28.7 Å². The highest BCUT2D eigenvalue weighted by Gasteiger charge is 2.31. The van der Waals surface area contributed by atoms with Crippen LogP contribution in [0.25, 0.3) is 0 Å². The zero-order valence-electron chi connectivity index (χ0n) is 6.61. The summed E-state index contributed by atoms with van der Waals surface area (Å²) in [6.07, 6.45) is -3.69. The van der Waals surface area contributed by atoms with Gasteiger partial charge in [0.25, 0.3) is 0 Å². The van der Waals surface area contributed by atoms with Crippen molar-refractivity contribution in [3.63, 3.8) is 0 Å². The van der Waals surface area contributed by atoms with Crippen LogP contribution in [0.3, 0.4) is 0 Å². The van der Waals surface area contributed by atoms with Crippen molar-refractivity contribution in [3.05, 3.63) is 21.5 Å². The van der Waals surface area contributed by atoms with E-state index in [4.69, 9.17) is 11.6 Å². The Balaban J connectivity index is 2.90. The van der Waals surface area contributed by atoms with E-state index in [2.05, 4.69) is 9.72 Å². The maximum Gasteiger partial charge on any atom is 0.573 e. The second kappa shape index (κ2) is 4.52. The smallest absolute Gasteiger partial charge is 0.404 e. The van der Waals surface area contributed by atoms with Crippen LogP contribution in [0.15, 0.2) is 12.3 Å². The van der Waals surface area contributed by atoms with Crippen LogP contribution in [0.4, 0.5) is 13.2 Å². The van der Waals surface area contributed by atoms with E-state index < -0.39 is 6.36 Å². The molecule has 0 bridgehead atoms. The largest absolute Gasteiger partial charge is 0.573 e. The molecule has 0 fully saturated rings. The molecule has 1 heterocycles. The Morgan fingerprint density at radius 2 is 2.14 bits per heavy atom. The molecule has 78 valence electrons. The van der Waals surface area contributed by atoms with Gasteiger partial charge < -0.3 is 4.74 Å². The van der Waals surface area contributed by atoms with Crippen LogP contribution in [0.1, 0.15) is 5.56 Å². The van der Waals surface area contributed by atoms with Crippen LogP contribution in [0, 0.1) is 3.70 Å². The number of halogens is 5. The molecule has 0 unspecified atom stereocenters. The summed E-state index contributed by atoms with van der Waals surface area (Å²) in [5.74, 6) is -0.256. The third-order valence-corrected chi connectivity index (χ3v) is 2.52. The van der Waals surface area contributed by atoms with Crippen molar-refractivity contribution in [3.8, 4) is 5.75 Å². The molecule has 0 aliphatic rings. The van der Waals surface area contributed by atoms with Gasteiger partial charge in [0.15, 0.2) is 0 Å². The number of alkyl halides is 4. The van der Waals surface area contributed by atoms with Gasteiger partial charge in [-0.2, -0.15) is 0 Å². The van der Waals surface area contributed by atoms with Crippen molar-refractivity contribution in [2.45, 2.75) is 12.2 Å². The molecule has 0 atom stereocenters. The lowest BCUT2D eigenvalue weighted by atomic mass is 10.3. The number of pyridine rings is 1. The van der Waals surface area contributed by atoms with Crippen LogP contribution in [0.5, 0.6) is 5.75 Å². The minimum atomic E-state index is -4.70. The van der Waals surface area contributed by atoms with E-state index in [9.17, 15) is 13.2 Å². The maximum atomic E-state index is 11.8. The summed E-state index contributed by atoms with van der Waals surface area (Å²) in [5, 5.41) is 0. The van der Waals surface area contributed by atoms with Crippen molar-refractivity contribution in [1.29, 1.82) is 0 Å². The molecule has 1 aromatic rings. The lowest BCUT2D eigenvalue weighted by Gasteiger charge is -2.09. The highest BCUT2D eigenvalue weighted by molar-refractivity contribution is 14.1. The molecule has 0 amide bonds. The Bertz CT molecular complexity index is 331. The highest BCUT2D eigenvalue weighted by atomic mass is 127. The van der Waals surface area contributed by atoms with E-state index in [0.717, 1.165) is 6.20 Å². The minimum Gasteiger partial charge on any atom is -0.404 e. The topological polar surface area (TPSA) is 22.1 Å². The molecule has 1 aromatic heterocycles. The summed E-state index contributed by atoms with van der Waals surface area (Å²) in [6, 6.07) is 1.22. The quantitative estimate of drug-likeness (QED) is 0.469. The Morgan fingerprint density at radius 3 is 2.64 bits per heavy atom. The fourth-order valence-corrected chi connectivity index (χ4v) is 1.67. The monoisotopic (exact) mass is 337 g/mol. The Morgan fingerprint density at radius 1 is 1.50 bits per heavy atom. The van der Waals surface area contributed by atoms with Crippen LogP contribution in [-0.4, -0.2) is 11.3 Å². The third kappa shape index (κ3) is 3.49. The fourth-order valence-electron chi connectivity index (χ4n) is 0.755. The van der Waals surface area contributed by atoms with Gasteiger partial charge in [-0.15, -0.1) is 24.8 Å². The van der Waals surface area contributed by atoms with Crippen molar-refractivity contribution >= 4 is 34.2 Å². The summed E-state index contributed by atoms with van der Waals surface area (Å²) >= 11 is 7.38. The second-order valence-electron chi connectivity index (χ2n) is 2.30. The van der Waals surface area contributed by atoms with Crippen LogP contribution >= 0.6 is 34.2 Å². The first-order chi connectivity index (χ1) is 6.42. The summed E-state index contributed by atoms with van der Waals surface area (Å²) in [6.45, 7) is 0. The number of hydrogen-bond donors (Lipinski definition) is 0. The van der Waals surface area contributed by atoms with E-state index in [0.29, 0.717) is 9.26 Å². The van der Waals surface area contributed by atoms with Gasteiger partial charge in [0.05, 0.1) is 12.1 Å². The van der Waals surface area contributed by atoms with Crippen molar-refractivity contribution in [2.75, 3.05) is 0 Å². The number of rotatable bonds is 2. The number of ether oxygens (including phenoxy) is 1. The Hall–Kier alpha value is -0.240. The zero-order valence-corrected chi connectivity index (χ0v) is 9.52. The Labute approximate surface area is 96.6 Å². The standard InChI is InChI=1S/C7H4ClF3INO/c8-2-4-1-5(3-13-6(4)12)14-7(9,10)11/h1,3H,2H2. The average Bonchev–Trinajstić information content (AvgIpc) is 2.06. The molecule has 0 aromatic carbocycles. The van der Waals surface area contributed by atoms with Crippen molar-refractivity contribution in [2.24, 2.45) is 0 Å². The van der Waals surface area contributed by atoms with E-state index in [-0.39, 0.29) is 11.6 Å². The predicted molar refractivity (Wildman–Crippen MR) is 53.2 cm³/mol. The molecule has 0 saturated carbocycles. The molecule has 0 radical (unpaired) electrons. The molecule has 0 aliphatic carbocycles. The van der Waals surface area contributed by atoms with Crippen LogP contribution in [-0.2, 0) is 5.88 Å². The molecule has 2 nitrogen and oxygen atoms in total. The van der Waals surface area contributed by atoms with Crippen molar-refractivity contribution in [1.82, 2.24) is 4.98 Å². The fraction of sp³-hybridized carbons (Fsp3) is 0.286. The molecule has 0 aliphatic heterocycles. The van der Waals surface area contributed by atoms with E-state index in [1.807, 2.05) is 22.6 Å². The SMILES string of the molecule is FC(F)(F)Oc1cnc(I)c(CCl)c1. The second-order valence-corrected chi connectivity index (χ2v) is 3.59. The average molecular weight is 337 g/mol. The van der Waals surface area contributed by atoms with Crippen LogP contribution in [0.2, 0.25) is 0 Å². The summed E-state index contributed by atoms with van der Waals surface area (Å²) in [5.41, 5.74) is 0.508. The van der Waals surface area contributed by atoms with Gasteiger partial charge in [0, 0.05) is 5.56 Å². The van der Waals surface area contributed by atoms with Gasteiger partial charge in [0.2, 0.25) is 0 Å². The molecule has 0 saturated heterocycles. The first-order valence-electron chi connectivity index (χ1n) is 3.38. The van der Waals surface area contributed by atoms with Gasteiger partial charge in [-0.1, -0.05) is 0 Å². The number of aromatic nitrogens is 1. The molecule has 0 spiro atoms. The molecule has 1 rings (SSSR count). The van der Waals surface area contributed by atoms with Gasteiger partial charge in [0.1, 0.15) is 9.45 Å². The molecule has 7 heteroatoms. The van der Waals surface area contributed by atoms with E-state index in [1.165, 1.54) is 6.07 Å². The van der Waals surface area contributed by atoms with Crippen molar-refractivity contribution < 1.29 is 17.9 Å². The lowest BCUT2D eigenvalue weighted by Crippen LogP contribution is -2.17. The number of nitrogens with zero attached hydrogens (tertiary/aromatic N) is 1. The molecule has 0 N–H and O–H groups in total. The van der Waals surface area contributed by atoms with Gasteiger partial charge >= 0.3 is 6.36 Å². The third-order valence-electron chi connectivity index (χ3n) is 1.26. The molecular formula is C7H4ClF3INO. The first kappa shape index (κ1) is 11.8. The van der Waals surface area contributed by atoms with E-state index >= 15 is 0 Å². The zero-order chi connectivity index (χ0) is 10.8. The van der Waals surface area contributed by atoms with Gasteiger partial charge in [-0.25, -0.2) is 4.98 Å². The van der Waals surface area contributed by atoms with E-state index in [1.54, 1.807) is 0 Å². The van der Waals surface area contributed by atoms with Gasteiger partial charge in [-0.3, -0.25) is 0 Å². The first-order valence-corrected chi connectivity index (χ1v) is 5.00. The summed E-state index contributed by atoms with van der Waals surface area (Å²) in [4.78, 5) is 3.71. The normalized spacial score (nSPS) is 11.5. The number of hydrogen-bond acceptors (Lipinski definition) is 2. The predicted octanol–water partition coefficient (Wildman–Crippen LogP) is 3.32. The lowest BCUT2D eigenvalue weighted by molar-refractivity contribution is -0.274. The minimum absolute atomic E-state index is 0.0976. The summed E-state index contributed by atoms with van der Waals surface area (Å²) in [7, 11) is 0.